The second-order valence-electron chi connectivity index (χ2n) is 4.58. The number of nitrogens with one attached hydrogen (secondary N) is 1. The highest BCUT2D eigenvalue weighted by atomic mass is 32.2. The molecule has 0 bridgehead atoms. The van der Waals surface area contributed by atoms with Crippen molar-refractivity contribution in [3.8, 4) is 0 Å². The predicted octanol–water partition coefficient (Wildman–Crippen LogP) is 0.289. The van der Waals surface area contributed by atoms with E-state index in [1.54, 1.807) is 6.07 Å². The average molecular weight is 308 g/mol. The summed E-state index contributed by atoms with van der Waals surface area (Å²) >= 11 is 0. The lowest BCUT2D eigenvalue weighted by Crippen LogP contribution is -2.37. The van der Waals surface area contributed by atoms with Crippen LogP contribution in [0.3, 0.4) is 0 Å². The van der Waals surface area contributed by atoms with E-state index in [1.165, 1.54) is 29.2 Å². The third-order valence-electron chi connectivity index (χ3n) is 3.15. The number of hydrogen-bond acceptors (Lipinski definition) is 5. The molecule has 7 nitrogen and oxygen atoms in total. The van der Waals surface area contributed by atoms with Crippen molar-refractivity contribution < 1.29 is 22.8 Å². The minimum Gasteiger partial charge on any atom is -0.335 e. The summed E-state index contributed by atoms with van der Waals surface area (Å²) in [5, 5.41) is -0.839. The van der Waals surface area contributed by atoms with Crippen LogP contribution >= 0.6 is 0 Å². The molecule has 1 N–H and O–H groups in total. The number of carbonyl (C=O) groups excluding carboxylic acids is 2. The zero-order chi connectivity index (χ0) is 15.5. The van der Waals surface area contributed by atoms with Crippen molar-refractivity contribution >= 4 is 26.6 Å². The highest BCUT2D eigenvalue weighted by Crippen LogP contribution is 2.13. The van der Waals surface area contributed by atoms with Crippen LogP contribution in [0.1, 0.15) is 12.8 Å². The molecule has 1 aromatic carbocycles. The first kappa shape index (κ1) is 15.1. The molecule has 0 aliphatic carbocycles. The van der Waals surface area contributed by atoms with Gasteiger partial charge >= 0.3 is 5.04 Å². The van der Waals surface area contributed by atoms with Gasteiger partial charge in [-0.1, -0.05) is 18.2 Å². The van der Waals surface area contributed by atoms with Gasteiger partial charge in [0.15, 0.2) is 0 Å². The fraction of sp³-hybridized carbons (Fsp3) is 0.308. The lowest BCUT2D eigenvalue weighted by molar-refractivity contribution is -0.137. The van der Waals surface area contributed by atoms with Crippen LogP contribution in [0.5, 0.6) is 0 Å². The van der Waals surface area contributed by atoms with Crippen LogP contribution in [0.4, 0.5) is 0 Å². The van der Waals surface area contributed by atoms with E-state index in [1.807, 2.05) is 0 Å². The van der Waals surface area contributed by atoms with Gasteiger partial charge in [-0.15, -0.1) is 0 Å². The number of benzene rings is 1. The molecule has 2 rings (SSSR count). The molecular formula is C13H14N3O4S+. The normalized spacial score (nSPS) is 14.9. The smallest absolute Gasteiger partial charge is 0.335 e. The maximum Gasteiger partial charge on any atom is 0.503 e. The molecule has 21 heavy (non-hydrogen) atoms. The highest BCUT2D eigenvalue weighted by Gasteiger charge is 2.41. The third kappa shape index (κ3) is 3.07. The first-order valence-corrected chi connectivity index (χ1v) is 7.80. The Labute approximate surface area is 121 Å². The molecule has 1 fully saturated rings. The first-order chi connectivity index (χ1) is 9.96. The third-order valence-corrected chi connectivity index (χ3v) is 4.87. The van der Waals surface area contributed by atoms with Gasteiger partial charge in [-0.2, -0.15) is 0 Å². The number of Topliss-reactive ketones (excluding diaryl/α,β-unsaturated/α-hetero) is 1. The van der Waals surface area contributed by atoms with Gasteiger partial charge in [-0.05, 0) is 18.6 Å². The Morgan fingerprint density at radius 1 is 1.29 bits per heavy atom. The Morgan fingerprint density at radius 3 is 2.48 bits per heavy atom. The number of nitrogens with zero attached hydrogens (tertiary/aromatic N) is 2. The zero-order valence-corrected chi connectivity index (χ0v) is 12.0. The summed E-state index contributed by atoms with van der Waals surface area (Å²) in [6.07, 6.45) is 0.997. The van der Waals surface area contributed by atoms with Gasteiger partial charge in [-0.25, -0.2) is 8.42 Å². The molecule has 1 aromatic rings. The summed E-state index contributed by atoms with van der Waals surface area (Å²) in [7, 11) is -4.13. The largest absolute Gasteiger partial charge is 0.503 e. The number of rotatable bonds is 4. The SMILES string of the molecule is N=[N+]=C(C(=O)CN1CCCC1=O)S(=O)(=O)c1ccccc1. The summed E-state index contributed by atoms with van der Waals surface area (Å²) < 4.78 is 24.6. The molecule has 1 heterocycles. The van der Waals surface area contributed by atoms with Crippen LogP contribution in [0.15, 0.2) is 35.2 Å². The van der Waals surface area contributed by atoms with E-state index in [4.69, 9.17) is 5.53 Å². The Hall–Kier alpha value is -2.31. The maximum atomic E-state index is 12.3. The van der Waals surface area contributed by atoms with Crippen LogP contribution < -0.4 is 0 Å². The number of hydrogen-bond donors (Lipinski definition) is 1. The topological polar surface area (TPSA) is 109 Å². The second-order valence-corrected chi connectivity index (χ2v) is 6.44. The van der Waals surface area contributed by atoms with E-state index < -0.39 is 20.7 Å². The second kappa shape index (κ2) is 5.99. The fourth-order valence-corrected chi connectivity index (χ4v) is 3.32. The predicted molar refractivity (Wildman–Crippen MR) is 72.4 cm³/mol. The molecule has 1 aliphatic rings. The van der Waals surface area contributed by atoms with Crippen LogP contribution in [0.25, 0.3) is 0 Å². The minimum absolute atomic E-state index is 0.0999. The number of amides is 1. The molecule has 110 valence electrons. The van der Waals surface area contributed by atoms with Gasteiger partial charge in [-0.3, -0.25) is 9.59 Å². The van der Waals surface area contributed by atoms with Gasteiger partial charge < -0.3 is 4.90 Å². The molecule has 0 radical (unpaired) electrons. The summed E-state index contributed by atoms with van der Waals surface area (Å²) in [6.45, 7) is 0.0594. The quantitative estimate of drug-likeness (QED) is 0.373. The molecule has 0 unspecified atom stereocenters. The van der Waals surface area contributed by atoms with Gasteiger partial charge in [0.25, 0.3) is 15.6 Å². The van der Waals surface area contributed by atoms with E-state index >= 15 is 0 Å². The molecular weight excluding hydrogens is 294 g/mol. The van der Waals surface area contributed by atoms with E-state index in [2.05, 4.69) is 4.79 Å². The van der Waals surface area contributed by atoms with Gasteiger partial charge in [0.2, 0.25) is 5.91 Å². The first-order valence-electron chi connectivity index (χ1n) is 6.32. The minimum atomic E-state index is -4.13. The maximum absolute atomic E-state index is 12.3. The molecule has 1 saturated heterocycles. The summed E-state index contributed by atoms with van der Waals surface area (Å²) in [5.74, 6) is -1.03. The van der Waals surface area contributed by atoms with E-state index in [0.29, 0.717) is 19.4 Å². The van der Waals surface area contributed by atoms with E-state index in [-0.39, 0.29) is 17.3 Å². The highest BCUT2D eigenvalue weighted by molar-refractivity contribution is 8.08. The molecule has 0 saturated carbocycles. The van der Waals surface area contributed by atoms with Crippen molar-refractivity contribution in [3.63, 3.8) is 0 Å². The van der Waals surface area contributed by atoms with Gasteiger partial charge in [0.1, 0.15) is 0 Å². The monoisotopic (exact) mass is 308 g/mol. The van der Waals surface area contributed by atoms with E-state index in [0.717, 1.165) is 0 Å². The van der Waals surface area contributed by atoms with Crippen molar-refractivity contribution in [2.75, 3.05) is 13.1 Å². The standard InChI is InChI=1S/C13H14N3O4S/c14-15-13(11(17)9-16-8-4-7-12(16)18)21(19,20)10-5-2-1-3-6-10/h1-3,5-6,14H,4,7-9H2/q+1. The van der Waals surface area contributed by atoms with Crippen LogP contribution in [-0.4, -0.2) is 47.9 Å². The van der Waals surface area contributed by atoms with Crippen LogP contribution in [0.2, 0.25) is 0 Å². The number of likely N-dealkylation sites (tertiary alicyclic amines) is 1. The Bertz CT molecular complexity index is 721. The molecule has 0 spiro atoms. The molecule has 0 atom stereocenters. The van der Waals surface area contributed by atoms with Crippen LogP contribution in [-0.2, 0) is 19.4 Å². The van der Waals surface area contributed by atoms with Crippen molar-refractivity contribution in [1.29, 1.82) is 5.53 Å². The molecule has 8 heteroatoms. The van der Waals surface area contributed by atoms with Gasteiger partial charge in [0.05, 0.1) is 21.8 Å². The summed E-state index contributed by atoms with van der Waals surface area (Å²) in [5.41, 5.74) is 7.00. The van der Waals surface area contributed by atoms with Crippen LogP contribution in [0, 0.1) is 5.53 Å². The number of sulfone groups is 1. The fourth-order valence-electron chi connectivity index (χ4n) is 2.10. The zero-order valence-electron chi connectivity index (χ0n) is 11.2. The summed E-state index contributed by atoms with van der Waals surface area (Å²) in [6, 6.07) is 7.33. The Balaban J connectivity index is 2.26. The lowest BCUT2D eigenvalue weighted by atomic mass is 10.4. The number of ketones is 1. The molecule has 1 aliphatic heterocycles. The van der Waals surface area contributed by atoms with Crippen molar-refractivity contribution in [1.82, 2.24) is 4.90 Å². The molecule has 0 aromatic heterocycles. The Kier molecular flexibility index (Phi) is 4.30. The lowest BCUT2D eigenvalue weighted by Gasteiger charge is -2.11. The van der Waals surface area contributed by atoms with Crippen molar-refractivity contribution in [2.24, 2.45) is 0 Å². The Morgan fingerprint density at radius 2 is 1.95 bits per heavy atom. The van der Waals surface area contributed by atoms with Crippen molar-refractivity contribution in [3.05, 3.63) is 30.3 Å². The van der Waals surface area contributed by atoms with Crippen molar-refractivity contribution in [2.45, 2.75) is 17.7 Å². The van der Waals surface area contributed by atoms with E-state index in [9.17, 15) is 18.0 Å². The molecule has 1 amide bonds. The van der Waals surface area contributed by atoms with Gasteiger partial charge in [0, 0.05) is 13.0 Å². The number of carbonyl (C=O) groups is 2. The average Bonchev–Trinajstić information content (AvgIpc) is 2.85. The summed E-state index contributed by atoms with van der Waals surface area (Å²) in [4.78, 5) is 27.6.